The zero-order chi connectivity index (χ0) is 19.8. The van der Waals surface area contributed by atoms with Gasteiger partial charge < -0.3 is 14.8 Å². The van der Waals surface area contributed by atoms with Crippen LogP contribution in [0.1, 0.15) is 11.1 Å². The van der Waals surface area contributed by atoms with Crippen LogP contribution in [0.25, 0.3) is 11.3 Å². The Balaban J connectivity index is 1.84. The van der Waals surface area contributed by atoms with Gasteiger partial charge in [-0.2, -0.15) is 13.2 Å². The van der Waals surface area contributed by atoms with Crippen molar-refractivity contribution in [1.82, 2.24) is 9.97 Å². The molecule has 0 aliphatic heterocycles. The van der Waals surface area contributed by atoms with Gasteiger partial charge in [0.2, 0.25) is 5.88 Å². The van der Waals surface area contributed by atoms with E-state index in [1.165, 1.54) is 6.07 Å². The fraction of sp³-hybridized carbons (Fsp3) is 0.118. The number of pyridine rings is 1. The van der Waals surface area contributed by atoms with Gasteiger partial charge in [0.25, 0.3) is 0 Å². The Morgan fingerprint density at radius 1 is 1.11 bits per heavy atom. The summed E-state index contributed by atoms with van der Waals surface area (Å²) in [4.78, 5) is 6.30. The van der Waals surface area contributed by atoms with Crippen LogP contribution in [0, 0.1) is 0 Å². The van der Waals surface area contributed by atoms with Crippen molar-refractivity contribution in [2.24, 2.45) is 0 Å². The lowest BCUT2D eigenvalue weighted by Gasteiger charge is -2.09. The third-order valence-corrected chi connectivity index (χ3v) is 4.52. The van der Waals surface area contributed by atoms with E-state index < -0.39 is 21.9 Å². The van der Waals surface area contributed by atoms with Crippen LogP contribution in [-0.4, -0.2) is 15.1 Å². The number of aromatic nitrogens is 2. The lowest BCUT2D eigenvalue weighted by atomic mass is 10.1. The highest BCUT2D eigenvalue weighted by Gasteiger charge is 2.39. The number of nitrogens with one attached hydrogen (secondary N) is 1. The Kier molecular flexibility index (Phi) is 5.46. The summed E-state index contributed by atoms with van der Waals surface area (Å²) in [6.45, 7) is 0.163. The maximum Gasteiger partial charge on any atom is 0.420 e. The van der Waals surface area contributed by atoms with Crippen molar-refractivity contribution in [3.05, 3.63) is 62.9 Å². The molecule has 0 bridgehead atoms. The van der Waals surface area contributed by atoms with Crippen molar-refractivity contribution >= 4 is 34.8 Å². The zero-order valence-electron chi connectivity index (χ0n) is 13.2. The molecule has 3 aromatic rings. The van der Waals surface area contributed by atoms with Gasteiger partial charge in [-0.05, 0) is 17.7 Å². The molecule has 3 rings (SSSR count). The number of alkyl halides is 3. The number of benzene rings is 1. The van der Waals surface area contributed by atoms with E-state index in [1.54, 1.807) is 24.3 Å². The lowest BCUT2D eigenvalue weighted by Crippen LogP contribution is -2.04. The molecule has 1 aromatic carbocycles. The standard InChI is InChI=1S/C17H10Cl3F3N2O2/c18-9-3-1-8(2-4-9)7-27-12-5-11(26)10(6-24-12)15-14(19)13(16(20)25-15)17(21,22)23/h1-6,25H,7H2,(H,24,26). The molecule has 0 amide bonds. The first-order valence-corrected chi connectivity index (χ1v) is 8.51. The van der Waals surface area contributed by atoms with Gasteiger partial charge in [0.1, 0.15) is 23.1 Å². The van der Waals surface area contributed by atoms with E-state index in [4.69, 9.17) is 39.5 Å². The predicted molar refractivity (Wildman–Crippen MR) is 96.5 cm³/mol. The molecular formula is C17H10Cl3F3N2O2. The SMILES string of the molecule is Oc1cc(OCc2ccc(Cl)cc2)ncc1-c1[nH]c(Cl)c(C(F)(F)F)c1Cl. The molecular weight excluding hydrogens is 428 g/mol. The van der Waals surface area contributed by atoms with E-state index in [0.29, 0.717) is 5.02 Å². The second-order valence-electron chi connectivity index (χ2n) is 5.46. The highest BCUT2D eigenvalue weighted by Crippen LogP contribution is 2.45. The summed E-state index contributed by atoms with van der Waals surface area (Å²) >= 11 is 17.2. The van der Waals surface area contributed by atoms with Gasteiger partial charge in [-0.1, -0.05) is 46.9 Å². The molecule has 27 heavy (non-hydrogen) atoms. The molecule has 0 fully saturated rings. The van der Waals surface area contributed by atoms with Gasteiger partial charge in [0.15, 0.2) is 0 Å². The Bertz CT molecular complexity index is 973. The Hall–Kier alpha value is -2.09. The lowest BCUT2D eigenvalue weighted by molar-refractivity contribution is -0.137. The van der Waals surface area contributed by atoms with Gasteiger partial charge >= 0.3 is 6.18 Å². The van der Waals surface area contributed by atoms with Crippen LogP contribution in [0.3, 0.4) is 0 Å². The third kappa shape index (κ3) is 4.26. The van der Waals surface area contributed by atoms with Crippen molar-refractivity contribution in [2.75, 3.05) is 0 Å². The second kappa shape index (κ2) is 7.50. The minimum atomic E-state index is -4.74. The highest BCUT2D eigenvalue weighted by molar-refractivity contribution is 6.38. The number of aromatic amines is 1. The fourth-order valence-electron chi connectivity index (χ4n) is 2.32. The molecule has 2 N–H and O–H groups in total. The van der Waals surface area contributed by atoms with Crippen molar-refractivity contribution in [3.8, 4) is 22.9 Å². The molecule has 10 heteroatoms. The van der Waals surface area contributed by atoms with Crippen LogP contribution < -0.4 is 4.74 Å². The number of ether oxygens (including phenoxy) is 1. The van der Waals surface area contributed by atoms with Crippen molar-refractivity contribution in [1.29, 1.82) is 0 Å². The maximum atomic E-state index is 13.0. The second-order valence-corrected chi connectivity index (χ2v) is 6.65. The summed E-state index contributed by atoms with van der Waals surface area (Å²) in [5.41, 5.74) is -0.624. The predicted octanol–water partition coefficient (Wildman–Crippen LogP) is 6.34. The van der Waals surface area contributed by atoms with Crippen LogP contribution >= 0.6 is 34.8 Å². The van der Waals surface area contributed by atoms with Gasteiger partial charge in [-0.3, -0.25) is 0 Å². The van der Waals surface area contributed by atoms with Crippen LogP contribution in [0.2, 0.25) is 15.2 Å². The molecule has 4 nitrogen and oxygen atoms in total. The number of hydrogen-bond acceptors (Lipinski definition) is 3. The number of halogens is 6. The first kappa shape index (κ1) is 19.7. The Labute approximate surface area is 166 Å². The highest BCUT2D eigenvalue weighted by atomic mass is 35.5. The largest absolute Gasteiger partial charge is 0.507 e. The Morgan fingerprint density at radius 2 is 1.78 bits per heavy atom. The van der Waals surface area contributed by atoms with Crippen LogP contribution in [0.15, 0.2) is 36.5 Å². The molecule has 0 saturated heterocycles. The van der Waals surface area contributed by atoms with Crippen molar-refractivity contribution in [2.45, 2.75) is 12.8 Å². The van der Waals surface area contributed by atoms with E-state index in [0.717, 1.165) is 11.8 Å². The van der Waals surface area contributed by atoms with Gasteiger partial charge in [0, 0.05) is 17.3 Å². The van der Waals surface area contributed by atoms with Crippen LogP contribution in [0.4, 0.5) is 13.2 Å². The van der Waals surface area contributed by atoms with Gasteiger partial charge in [-0.25, -0.2) is 4.98 Å². The van der Waals surface area contributed by atoms with Crippen LogP contribution in [0.5, 0.6) is 11.6 Å². The average Bonchev–Trinajstić information content (AvgIpc) is 2.88. The summed E-state index contributed by atoms with van der Waals surface area (Å²) < 4.78 is 44.4. The summed E-state index contributed by atoms with van der Waals surface area (Å²) in [6.07, 6.45) is -3.60. The molecule has 0 radical (unpaired) electrons. The molecule has 0 atom stereocenters. The molecule has 0 aliphatic carbocycles. The number of rotatable bonds is 4. The number of aromatic hydroxyl groups is 1. The van der Waals surface area contributed by atoms with E-state index in [1.807, 2.05) is 0 Å². The topological polar surface area (TPSA) is 58.1 Å². The summed E-state index contributed by atoms with van der Waals surface area (Å²) in [7, 11) is 0. The third-order valence-electron chi connectivity index (χ3n) is 3.60. The first-order valence-electron chi connectivity index (χ1n) is 7.37. The molecule has 2 aromatic heterocycles. The molecule has 142 valence electrons. The smallest absolute Gasteiger partial charge is 0.420 e. The molecule has 0 unspecified atom stereocenters. The minimum absolute atomic E-state index is 0.0451. The summed E-state index contributed by atoms with van der Waals surface area (Å²) in [5.74, 6) is -0.291. The zero-order valence-corrected chi connectivity index (χ0v) is 15.5. The van der Waals surface area contributed by atoms with E-state index in [-0.39, 0.29) is 29.5 Å². The molecule has 0 aliphatic rings. The van der Waals surface area contributed by atoms with Gasteiger partial charge in [-0.15, -0.1) is 0 Å². The van der Waals surface area contributed by atoms with Crippen molar-refractivity contribution in [3.63, 3.8) is 0 Å². The molecule has 2 heterocycles. The normalized spacial score (nSPS) is 11.6. The Morgan fingerprint density at radius 3 is 2.33 bits per heavy atom. The maximum absolute atomic E-state index is 13.0. The fourth-order valence-corrected chi connectivity index (χ4v) is 3.14. The first-order chi connectivity index (χ1) is 12.7. The van der Waals surface area contributed by atoms with Crippen LogP contribution in [-0.2, 0) is 12.8 Å². The quantitative estimate of drug-likeness (QED) is 0.501. The number of hydrogen-bond donors (Lipinski definition) is 2. The van der Waals surface area contributed by atoms with E-state index >= 15 is 0 Å². The number of nitrogens with zero attached hydrogens (tertiary/aromatic N) is 1. The minimum Gasteiger partial charge on any atom is -0.507 e. The molecule has 0 spiro atoms. The molecule has 0 saturated carbocycles. The number of H-pyrrole nitrogens is 1. The van der Waals surface area contributed by atoms with E-state index in [2.05, 4.69) is 9.97 Å². The summed E-state index contributed by atoms with van der Waals surface area (Å²) in [6, 6.07) is 8.09. The van der Waals surface area contributed by atoms with Gasteiger partial charge in [0.05, 0.1) is 16.3 Å². The average molecular weight is 438 g/mol. The monoisotopic (exact) mass is 436 g/mol. The summed E-state index contributed by atoms with van der Waals surface area (Å²) in [5, 5.41) is 9.42. The van der Waals surface area contributed by atoms with E-state index in [9.17, 15) is 18.3 Å². The van der Waals surface area contributed by atoms with Crippen molar-refractivity contribution < 1.29 is 23.0 Å².